The zero-order valence-electron chi connectivity index (χ0n) is 6.90. The van der Waals surface area contributed by atoms with Crippen molar-refractivity contribution in [2.45, 2.75) is 0 Å². The summed E-state index contributed by atoms with van der Waals surface area (Å²) in [7, 11) is 0. The first-order chi connectivity index (χ1) is 6.41. The second kappa shape index (κ2) is 1980. The van der Waals surface area contributed by atoms with E-state index in [0.29, 0.717) is 0 Å². The van der Waals surface area contributed by atoms with E-state index < -0.39 is 0 Å². The zero-order chi connectivity index (χ0) is 12.7. The van der Waals surface area contributed by atoms with Crippen LogP contribution in [0.3, 0.4) is 0 Å². The quantitative estimate of drug-likeness (QED) is 0.184. The minimum Gasteiger partial charge on any atom is 1.00 e. The summed E-state index contributed by atoms with van der Waals surface area (Å²) in [6.07, 6.45) is 0. The van der Waals surface area contributed by atoms with Gasteiger partial charge in [-0.3, -0.25) is 0 Å². The molecule has 0 saturated heterocycles. The Morgan fingerprint density at radius 3 is 0.714 bits per heavy atom. The predicted octanol–water partition coefficient (Wildman–Crippen LogP) is -3.18. The van der Waals surface area contributed by atoms with E-state index in [2.05, 4.69) is 33.3 Å². The van der Waals surface area contributed by atoms with E-state index >= 15 is 0 Å². The van der Waals surface area contributed by atoms with Gasteiger partial charge < -0.3 is 0 Å². The van der Waals surface area contributed by atoms with Gasteiger partial charge in [-0.05, 0) is 0 Å². The van der Waals surface area contributed by atoms with E-state index in [1.807, 2.05) is 4.19 Å². The Morgan fingerprint density at radius 1 is 0.714 bits per heavy atom. The van der Waals surface area contributed by atoms with Crippen molar-refractivity contribution in [2.24, 2.45) is 0 Å². The first-order valence-electron chi connectivity index (χ1n) is 1.45. The Labute approximate surface area is 114 Å². The molecule has 0 atom stereocenters. The van der Waals surface area contributed by atoms with Crippen molar-refractivity contribution < 1.29 is 72.2 Å². The molecule has 66 valence electrons. The van der Waals surface area contributed by atoms with Gasteiger partial charge in [0.25, 0.3) is 0 Å². The van der Waals surface area contributed by atoms with E-state index in [-0.39, 0.29) is 29.6 Å². The number of rotatable bonds is 0. The van der Waals surface area contributed by atoms with E-state index in [1.165, 1.54) is 0 Å². The molecule has 0 aliphatic heterocycles. The minimum atomic E-state index is 0. The summed E-state index contributed by atoms with van der Waals surface area (Å²) in [5.74, 6) is 0. The predicted molar refractivity (Wildman–Crippen MR) is 28.0 cm³/mol. The van der Waals surface area contributed by atoms with Gasteiger partial charge in [0.1, 0.15) is 0 Å². The fraction of sp³-hybridized carbons (Fsp3) is 0. The topological polar surface area (TPSA) is 122 Å². The maximum absolute atomic E-state index is 7.50. The molecule has 0 aromatic rings. The third-order valence-electron chi connectivity index (χ3n) is 0. The Kier molecular flexibility index (Phi) is 6850. The van der Waals surface area contributed by atoms with Crippen molar-refractivity contribution in [1.82, 2.24) is 0 Å². The van der Waals surface area contributed by atoms with Gasteiger partial charge in [0.15, 0.2) is 0 Å². The van der Waals surface area contributed by atoms with Crippen LogP contribution in [-0.2, 0) is 42.6 Å². The molecule has 0 bridgehead atoms. The summed E-state index contributed by atoms with van der Waals surface area (Å²) in [5.41, 5.74) is 0. The summed E-state index contributed by atoms with van der Waals surface area (Å²) in [6, 6.07) is 0. The molecule has 6 nitrogen and oxygen atoms in total. The third kappa shape index (κ3) is 1430000. The molecule has 0 aromatic carbocycles. The molecule has 0 aliphatic carbocycles. The SMILES string of the molecule is [C-]#[O+].[C-]#[O+].[C-]#[O+].[C-]#[O+].[C-]#[O+].[N-]=[C]=[W].[Na+]. The van der Waals surface area contributed by atoms with Crippen molar-refractivity contribution in [3.8, 4) is 0 Å². The van der Waals surface area contributed by atoms with Crippen molar-refractivity contribution in [1.29, 1.82) is 0 Å². The molecule has 0 aliphatic rings. The zero-order valence-corrected chi connectivity index (χ0v) is 11.8. The average molecular weight is 373 g/mol. The summed E-state index contributed by atoms with van der Waals surface area (Å²) < 4.78 is 39.3. The maximum atomic E-state index is 7.50. The van der Waals surface area contributed by atoms with E-state index in [1.54, 1.807) is 0 Å². The van der Waals surface area contributed by atoms with E-state index in [0.717, 1.165) is 19.4 Å². The molecule has 0 amide bonds. The first kappa shape index (κ1) is 48.4. The van der Waals surface area contributed by atoms with Crippen LogP contribution in [0.1, 0.15) is 0 Å². The van der Waals surface area contributed by atoms with Crippen LogP contribution in [-0.4, -0.2) is 4.19 Å². The second-order valence-electron chi connectivity index (χ2n) is 0.0913. The Bertz CT molecular complexity index is 142. The summed E-state index contributed by atoms with van der Waals surface area (Å²) in [5, 5.41) is 7.36. The van der Waals surface area contributed by atoms with Gasteiger partial charge in [0.2, 0.25) is 0 Å². The van der Waals surface area contributed by atoms with Crippen molar-refractivity contribution in [3.05, 3.63) is 38.7 Å². The summed E-state index contributed by atoms with van der Waals surface area (Å²) in [4.78, 5) is 0. The Morgan fingerprint density at radius 2 is 0.714 bits per heavy atom. The molecule has 0 fully saturated rings. The van der Waals surface area contributed by atoms with Gasteiger partial charge in [-0.15, -0.1) is 0 Å². The molecule has 0 aromatic heterocycles. The average Bonchev–Trinajstić information content (AvgIpc) is 2.32. The molecule has 0 N–H and O–H groups in total. The number of hydrogen-bond acceptors (Lipinski definition) is 0. The van der Waals surface area contributed by atoms with Crippen LogP contribution >= 0.6 is 0 Å². The van der Waals surface area contributed by atoms with E-state index in [9.17, 15) is 0 Å². The van der Waals surface area contributed by atoms with Crippen molar-refractivity contribution in [3.63, 3.8) is 0 Å². The third-order valence-corrected chi connectivity index (χ3v) is 0. The van der Waals surface area contributed by atoms with Crippen LogP contribution < -0.4 is 29.6 Å². The normalized spacial score (nSPS) is 1.29. The van der Waals surface area contributed by atoms with Crippen LogP contribution in [0.4, 0.5) is 0 Å². The smallest absolute Gasteiger partial charge is 1.00 e. The molecule has 8 heteroatoms. The van der Waals surface area contributed by atoms with Crippen LogP contribution in [0.5, 0.6) is 0 Å². The van der Waals surface area contributed by atoms with Gasteiger partial charge in [-0.25, -0.2) is 0 Å². The van der Waals surface area contributed by atoms with Gasteiger partial charge >= 0.3 is 115 Å². The minimum absolute atomic E-state index is 0. The van der Waals surface area contributed by atoms with Gasteiger partial charge in [0, 0.05) is 0 Å². The monoisotopic (exact) mass is 373 g/mol. The number of hydrogen-bond donors (Lipinski definition) is 0. The van der Waals surface area contributed by atoms with Gasteiger partial charge in [0.05, 0.1) is 0 Å². The first-order valence-corrected chi connectivity index (χ1v) is 2.92. The molecule has 0 radical (unpaired) electrons. The van der Waals surface area contributed by atoms with Gasteiger partial charge in [-0.1, -0.05) is 0 Å². The molecular formula is C6NNaO5W. The largest absolute Gasteiger partial charge is 1.00 e. The molecule has 0 heterocycles. The Hall–Kier alpha value is -0.0317. The Balaban J connectivity index is -0.00000000838. The second-order valence-corrected chi connectivity index (χ2v) is 0.747. The van der Waals surface area contributed by atoms with Crippen LogP contribution in [0.25, 0.3) is 5.41 Å². The fourth-order valence-electron chi connectivity index (χ4n) is 0. The molecule has 0 spiro atoms. The van der Waals surface area contributed by atoms with Crippen LogP contribution in [0, 0.1) is 33.3 Å². The summed E-state index contributed by atoms with van der Waals surface area (Å²) in [6.45, 7) is 22.5. The molecular weight excluding hydrogens is 373 g/mol. The molecule has 0 saturated carbocycles. The number of nitrogens with zero attached hydrogens (tertiary/aromatic N) is 1. The molecule has 14 heavy (non-hydrogen) atoms. The van der Waals surface area contributed by atoms with Crippen LogP contribution in [0.15, 0.2) is 0 Å². The standard InChI is InChI=1S/CN.5CO.Na.W/c6*1-2;;/q-1;;;;;;+1;. The maximum Gasteiger partial charge on any atom is 1.00 e. The van der Waals surface area contributed by atoms with E-state index in [4.69, 9.17) is 28.7 Å². The van der Waals surface area contributed by atoms with Crippen LogP contribution in [0.2, 0.25) is 0 Å². The molecule has 0 rings (SSSR count). The van der Waals surface area contributed by atoms with Crippen molar-refractivity contribution >= 4 is 4.19 Å². The van der Waals surface area contributed by atoms with Crippen molar-refractivity contribution in [2.75, 3.05) is 0 Å². The molecule has 0 unspecified atom stereocenters. The summed E-state index contributed by atoms with van der Waals surface area (Å²) >= 11 is 0.977. The van der Waals surface area contributed by atoms with Gasteiger partial charge in [-0.2, -0.15) is 0 Å². The fourth-order valence-corrected chi connectivity index (χ4v) is 0.